The number of hydrogen-bond donors (Lipinski definition) is 1. The standard InChI is InChI=1S/C15H23BrN2/c1-3-8-17-10-13-9-14(16)6-7-15(13)18(2)11-12-4-5-12/h6-7,9,12,17H,3-5,8,10-11H2,1-2H3. The van der Waals surface area contributed by atoms with Gasteiger partial charge in [-0.2, -0.15) is 0 Å². The van der Waals surface area contributed by atoms with Crippen LogP contribution in [0.3, 0.4) is 0 Å². The summed E-state index contributed by atoms with van der Waals surface area (Å²) >= 11 is 3.57. The van der Waals surface area contributed by atoms with Crippen LogP contribution in [-0.2, 0) is 6.54 Å². The first-order valence-electron chi connectivity index (χ1n) is 6.91. The number of halogens is 1. The van der Waals surface area contributed by atoms with Crippen LogP contribution < -0.4 is 10.2 Å². The van der Waals surface area contributed by atoms with Crippen molar-refractivity contribution in [2.24, 2.45) is 5.92 Å². The van der Waals surface area contributed by atoms with Gasteiger partial charge in [-0.05, 0) is 55.5 Å². The van der Waals surface area contributed by atoms with Gasteiger partial charge in [0.05, 0.1) is 0 Å². The maximum absolute atomic E-state index is 3.57. The molecule has 1 fully saturated rings. The van der Waals surface area contributed by atoms with E-state index in [1.165, 1.54) is 41.5 Å². The predicted molar refractivity (Wildman–Crippen MR) is 82.1 cm³/mol. The number of anilines is 1. The fraction of sp³-hybridized carbons (Fsp3) is 0.600. The number of nitrogens with one attached hydrogen (secondary N) is 1. The van der Waals surface area contributed by atoms with Gasteiger partial charge in [-0.15, -0.1) is 0 Å². The van der Waals surface area contributed by atoms with E-state index in [1.54, 1.807) is 0 Å². The molecule has 18 heavy (non-hydrogen) atoms. The molecule has 0 unspecified atom stereocenters. The van der Waals surface area contributed by atoms with Gasteiger partial charge >= 0.3 is 0 Å². The van der Waals surface area contributed by atoms with Crippen LogP contribution in [-0.4, -0.2) is 20.1 Å². The summed E-state index contributed by atoms with van der Waals surface area (Å²) in [5, 5.41) is 3.50. The van der Waals surface area contributed by atoms with Gasteiger partial charge < -0.3 is 10.2 Å². The molecule has 0 aliphatic heterocycles. The molecule has 1 aromatic carbocycles. The maximum Gasteiger partial charge on any atom is 0.0410 e. The van der Waals surface area contributed by atoms with E-state index in [-0.39, 0.29) is 0 Å². The molecule has 0 spiro atoms. The van der Waals surface area contributed by atoms with E-state index < -0.39 is 0 Å². The van der Waals surface area contributed by atoms with Gasteiger partial charge in [-0.25, -0.2) is 0 Å². The highest BCUT2D eigenvalue weighted by atomic mass is 79.9. The third kappa shape index (κ3) is 3.99. The third-order valence-corrected chi connectivity index (χ3v) is 3.92. The van der Waals surface area contributed by atoms with Gasteiger partial charge in [-0.1, -0.05) is 22.9 Å². The first-order chi connectivity index (χ1) is 8.70. The number of nitrogens with zero attached hydrogens (tertiary/aromatic N) is 1. The zero-order valence-electron chi connectivity index (χ0n) is 11.4. The molecule has 0 atom stereocenters. The molecule has 3 heteroatoms. The summed E-state index contributed by atoms with van der Waals surface area (Å²) in [5.74, 6) is 0.926. The number of benzene rings is 1. The fourth-order valence-electron chi connectivity index (χ4n) is 2.25. The average molecular weight is 311 g/mol. The van der Waals surface area contributed by atoms with E-state index in [2.05, 4.69) is 58.3 Å². The maximum atomic E-state index is 3.57. The van der Waals surface area contributed by atoms with Crippen LogP contribution in [0.2, 0.25) is 0 Å². The van der Waals surface area contributed by atoms with E-state index in [0.29, 0.717) is 0 Å². The SMILES string of the molecule is CCCNCc1cc(Br)ccc1N(C)CC1CC1. The van der Waals surface area contributed by atoms with Crippen molar-refractivity contribution in [1.82, 2.24) is 5.32 Å². The van der Waals surface area contributed by atoms with Crippen molar-refractivity contribution >= 4 is 21.6 Å². The monoisotopic (exact) mass is 310 g/mol. The van der Waals surface area contributed by atoms with E-state index in [4.69, 9.17) is 0 Å². The van der Waals surface area contributed by atoms with Crippen LogP contribution in [0.15, 0.2) is 22.7 Å². The lowest BCUT2D eigenvalue weighted by Crippen LogP contribution is -2.23. The molecule has 1 N–H and O–H groups in total. The highest BCUT2D eigenvalue weighted by Gasteiger charge is 2.23. The summed E-state index contributed by atoms with van der Waals surface area (Å²) in [7, 11) is 2.21. The van der Waals surface area contributed by atoms with Crippen molar-refractivity contribution in [3.63, 3.8) is 0 Å². The van der Waals surface area contributed by atoms with E-state index in [1.807, 2.05) is 0 Å². The lowest BCUT2D eigenvalue weighted by Gasteiger charge is -2.23. The quantitative estimate of drug-likeness (QED) is 0.771. The summed E-state index contributed by atoms with van der Waals surface area (Å²) in [4.78, 5) is 2.41. The van der Waals surface area contributed by atoms with Gasteiger partial charge in [-0.3, -0.25) is 0 Å². The molecule has 0 amide bonds. The first-order valence-corrected chi connectivity index (χ1v) is 7.70. The Labute approximate surface area is 119 Å². The van der Waals surface area contributed by atoms with Crippen LogP contribution in [0, 0.1) is 5.92 Å². The normalized spacial score (nSPS) is 14.8. The van der Waals surface area contributed by atoms with E-state index >= 15 is 0 Å². The van der Waals surface area contributed by atoms with Gasteiger partial charge in [0.25, 0.3) is 0 Å². The zero-order chi connectivity index (χ0) is 13.0. The minimum Gasteiger partial charge on any atom is -0.374 e. The molecule has 0 saturated heterocycles. The van der Waals surface area contributed by atoms with Crippen molar-refractivity contribution in [2.45, 2.75) is 32.7 Å². The lowest BCUT2D eigenvalue weighted by molar-refractivity contribution is 0.672. The minimum atomic E-state index is 0.926. The second-order valence-corrected chi connectivity index (χ2v) is 6.19. The van der Waals surface area contributed by atoms with Crippen LogP contribution in [0.4, 0.5) is 5.69 Å². The number of rotatable bonds is 7. The molecule has 1 saturated carbocycles. The Morgan fingerprint density at radius 2 is 2.17 bits per heavy atom. The molecular formula is C15H23BrN2. The third-order valence-electron chi connectivity index (χ3n) is 3.42. The van der Waals surface area contributed by atoms with E-state index in [9.17, 15) is 0 Å². The van der Waals surface area contributed by atoms with Crippen molar-refractivity contribution in [2.75, 3.05) is 25.0 Å². The molecule has 2 rings (SSSR count). The van der Waals surface area contributed by atoms with Crippen molar-refractivity contribution in [1.29, 1.82) is 0 Å². The second-order valence-electron chi connectivity index (χ2n) is 5.27. The molecule has 1 aliphatic rings. The summed E-state index contributed by atoms with van der Waals surface area (Å²) in [5.41, 5.74) is 2.76. The van der Waals surface area contributed by atoms with Crippen LogP contribution >= 0.6 is 15.9 Å². The Kier molecular flexibility index (Phi) is 5.07. The minimum absolute atomic E-state index is 0.926. The first kappa shape index (κ1) is 13.9. The Hall–Kier alpha value is -0.540. The Morgan fingerprint density at radius 1 is 1.39 bits per heavy atom. The van der Waals surface area contributed by atoms with Gasteiger partial charge in [0.1, 0.15) is 0 Å². The predicted octanol–water partition coefficient (Wildman–Crippen LogP) is 3.79. The molecule has 100 valence electrons. The highest BCUT2D eigenvalue weighted by Crippen LogP contribution is 2.32. The van der Waals surface area contributed by atoms with Crippen LogP contribution in [0.5, 0.6) is 0 Å². The largest absolute Gasteiger partial charge is 0.374 e. The summed E-state index contributed by atoms with van der Waals surface area (Å²) in [6.07, 6.45) is 4.00. The zero-order valence-corrected chi connectivity index (χ0v) is 13.0. The van der Waals surface area contributed by atoms with Crippen molar-refractivity contribution in [3.05, 3.63) is 28.2 Å². The van der Waals surface area contributed by atoms with Crippen molar-refractivity contribution < 1.29 is 0 Å². The Bertz CT molecular complexity index is 388. The average Bonchev–Trinajstić information content (AvgIpc) is 3.13. The molecule has 2 nitrogen and oxygen atoms in total. The molecule has 0 bridgehead atoms. The summed E-state index contributed by atoms with van der Waals surface area (Å²) in [6, 6.07) is 6.61. The molecule has 0 aromatic heterocycles. The van der Waals surface area contributed by atoms with Crippen LogP contribution in [0.1, 0.15) is 31.7 Å². The fourth-order valence-corrected chi connectivity index (χ4v) is 2.66. The summed E-state index contributed by atoms with van der Waals surface area (Å²) < 4.78 is 1.17. The van der Waals surface area contributed by atoms with Gasteiger partial charge in [0.2, 0.25) is 0 Å². The Balaban J connectivity index is 2.05. The molecule has 0 radical (unpaired) electrons. The smallest absolute Gasteiger partial charge is 0.0410 e. The number of hydrogen-bond acceptors (Lipinski definition) is 2. The molecular weight excluding hydrogens is 288 g/mol. The van der Waals surface area contributed by atoms with Crippen molar-refractivity contribution in [3.8, 4) is 0 Å². The molecule has 0 heterocycles. The molecule has 1 aromatic rings. The highest BCUT2D eigenvalue weighted by molar-refractivity contribution is 9.10. The topological polar surface area (TPSA) is 15.3 Å². The van der Waals surface area contributed by atoms with Gasteiger partial charge in [0.15, 0.2) is 0 Å². The van der Waals surface area contributed by atoms with E-state index in [0.717, 1.165) is 19.0 Å². The lowest BCUT2D eigenvalue weighted by atomic mass is 10.1. The molecule has 1 aliphatic carbocycles. The second kappa shape index (κ2) is 6.58. The van der Waals surface area contributed by atoms with Crippen LogP contribution in [0.25, 0.3) is 0 Å². The van der Waals surface area contributed by atoms with Gasteiger partial charge in [0, 0.05) is 30.3 Å². The Morgan fingerprint density at radius 3 is 2.83 bits per heavy atom. The summed E-state index contributed by atoms with van der Waals surface area (Å²) in [6.45, 7) is 5.44.